The fourth-order valence-electron chi connectivity index (χ4n) is 2.74. The van der Waals surface area contributed by atoms with Crippen LogP contribution in [0.25, 0.3) is 10.6 Å². The maximum Gasteiger partial charge on any atom is 0.229 e. The number of hydrogen-bond donors (Lipinski definition) is 0. The third-order valence-electron chi connectivity index (χ3n) is 4.10. The number of halogens is 1. The Balaban J connectivity index is 1.72. The molecule has 0 aliphatic carbocycles. The molecular weight excluding hydrogens is 364 g/mol. The van der Waals surface area contributed by atoms with Gasteiger partial charge in [0.05, 0.1) is 12.1 Å². The van der Waals surface area contributed by atoms with Gasteiger partial charge in [0, 0.05) is 28.6 Å². The van der Waals surface area contributed by atoms with Crippen molar-refractivity contribution in [2.75, 3.05) is 0 Å². The molecule has 3 rings (SSSR count). The molecule has 0 atom stereocenters. The molecule has 0 bridgehead atoms. The first-order valence-corrected chi connectivity index (χ1v) is 9.82. The first kappa shape index (κ1) is 18.6. The van der Waals surface area contributed by atoms with Crippen LogP contribution in [0.2, 0.25) is 5.02 Å². The number of carbonyl (C=O) groups excluding carboxylic acids is 1. The predicted molar refractivity (Wildman–Crippen MR) is 108 cm³/mol. The molecule has 0 N–H and O–H groups in total. The third kappa shape index (κ3) is 4.71. The molecule has 0 fully saturated rings. The lowest BCUT2D eigenvalue weighted by molar-refractivity contribution is -0.132. The second-order valence-corrected chi connectivity index (χ2v) is 7.73. The van der Waals surface area contributed by atoms with E-state index in [9.17, 15) is 4.79 Å². The minimum absolute atomic E-state index is 0.0896. The number of carbonyl (C=O) groups is 1. The second-order valence-electron chi connectivity index (χ2n) is 6.43. The fourth-order valence-corrected chi connectivity index (χ4v) is 3.74. The van der Waals surface area contributed by atoms with E-state index in [1.165, 1.54) is 11.3 Å². The van der Waals surface area contributed by atoms with Crippen LogP contribution in [0, 0.1) is 0 Å². The average Bonchev–Trinajstić information content (AvgIpc) is 3.08. The SMILES string of the molecule is CC(C)N(Cc1ccccc1)C(=O)Cc1csc(-c2cccc(Cl)c2)n1. The molecule has 26 heavy (non-hydrogen) atoms. The number of rotatable bonds is 6. The van der Waals surface area contributed by atoms with Gasteiger partial charge in [-0.2, -0.15) is 0 Å². The van der Waals surface area contributed by atoms with Gasteiger partial charge in [0.2, 0.25) is 5.91 Å². The first-order chi connectivity index (χ1) is 12.5. The number of aromatic nitrogens is 1. The van der Waals surface area contributed by atoms with E-state index < -0.39 is 0 Å². The van der Waals surface area contributed by atoms with Gasteiger partial charge in [-0.3, -0.25) is 4.79 Å². The molecule has 5 heteroatoms. The summed E-state index contributed by atoms with van der Waals surface area (Å²) in [7, 11) is 0. The largest absolute Gasteiger partial charge is 0.336 e. The van der Waals surface area contributed by atoms with E-state index in [4.69, 9.17) is 11.6 Å². The van der Waals surface area contributed by atoms with Crippen molar-refractivity contribution in [3.05, 3.63) is 76.3 Å². The summed E-state index contributed by atoms with van der Waals surface area (Å²) in [6, 6.07) is 17.8. The highest BCUT2D eigenvalue weighted by molar-refractivity contribution is 7.13. The summed E-state index contributed by atoms with van der Waals surface area (Å²) in [5.41, 5.74) is 2.91. The van der Waals surface area contributed by atoms with Crippen LogP contribution in [-0.2, 0) is 17.8 Å². The smallest absolute Gasteiger partial charge is 0.229 e. The van der Waals surface area contributed by atoms with Crippen LogP contribution in [0.3, 0.4) is 0 Å². The third-order valence-corrected chi connectivity index (χ3v) is 5.27. The molecule has 3 aromatic rings. The van der Waals surface area contributed by atoms with E-state index in [0.29, 0.717) is 18.0 Å². The minimum atomic E-state index is 0.0896. The Morgan fingerprint density at radius 3 is 2.62 bits per heavy atom. The van der Waals surface area contributed by atoms with Gasteiger partial charge in [-0.05, 0) is 31.5 Å². The van der Waals surface area contributed by atoms with E-state index in [2.05, 4.69) is 4.98 Å². The quantitative estimate of drug-likeness (QED) is 0.566. The number of amides is 1. The summed E-state index contributed by atoms with van der Waals surface area (Å²) < 4.78 is 0. The summed E-state index contributed by atoms with van der Waals surface area (Å²) >= 11 is 7.59. The molecule has 1 amide bonds. The van der Waals surface area contributed by atoms with Crippen LogP contribution >= 0.6 is 22.9 Å². The molecule has 3 nitrogen and oxygen atoms in total. The normalized spacial score (nSPS) is 10.9. The van der Waals surface area contributed by atoms with Gasteiger partial charge in [0.15, 0.2) is 0 Å². The molecule has 0 radical (unpaired) electrons. The monoisotopic (exact) mass is 384 g/mol. The van der Waals surface area contributed by atoms with Gasteiger partial charge in [0.1, 0.15) is 5.01 Å². The molecule has 0 unspecified atom stereocenters. The summed E-state index contributed by atoms with van der Waals surface area (Å²) in [6.07, 6.45) is 0.308. The zero-order chi connectivity index (χ0) is 18.5. The molecule has 0 aliphatic rings. The highest BCUT2D eigenvalue weighted by Crippen LogP contribution is 2.26. The topological polar surface area (TPSA) is 33.2 Å². The number of nitrogens with zero attached hydrogens (tertiary/aromatic N) is 2. The van der Waals surface area contributed by atoms with E-state index in [0.717, 1.165) is 21.8 Å². The maximum atomic E-state index is 12.8. The van der Waals surface area contributed by atoms with Gasteiger partial charge in [0.25, 0.3) is 0 Å². The Labute approximate surface area is 163 Å². The molecule has 134 valence electrons. The lowest BCUT2D eigenvalue weighted by Crippen LogP contribution is -2.37. The molecule has 0 saturated carbocycles. The van der Waals surface area contributed by atoms with Gasteiger partial charge < -0.3 is 4.90 Å². The maximum absolute atomic E-state index is 12.8. The number of thiazole rings is 1. The predicted octanol–water partition coefficient (Wildman–Crippen LogP) is 5.44. The standard InChI is InChI=1S/C21H21ClN2OS/c1-15(2)24(13-16-7-4-3-5-8-16)20(25)12-19-14-26-21(23-19)17-9-6-10-18(22)11-17/h3-11,14-15H,12-13H2,1-2H3. The van der Waals surface area contributed by atoms with Gasteiger partial charge in [-0.1, -0.05) is 54.1 Å². The van der Waals surface area contributed by atoms with Gasteiger partial charge in [-0.25, -0.2) is 4.98 Å². The van der Waals surface area contributed by atoms with Crippen molar-refractivity contribution < 1.29 is 4.79 Å². The summed E-state index contributed by atoms with van der Waals surface area (Å²) in [5.74, 6) is 0.0896. The Bertz CT molecular complexity index is 876. The van der Waals surface area contributed by atoms with Crippen LogP contribution < -0.4 is 0 Å². The molecule has 1 aromatic heterocycles. The van der Waals surface area contributed by atoms with Crippen LogP contribution in [0.5, 0.6) is 0 Å². The van der Waals surface area contributed by atoms with E-state index in [1.54, 1.807) is 0 Å². The van der Waals surface area contributed by atoms with Crippen LogP contribution in [0.15, 0.2) is 60.0 Å². The fraction of sp³-hybridized carbons (Fsp3) is 0.238. The summed E-state index contributed by atoms with van der Waals surface area (Å²) in [5, 5.41) is 3.52. The van der Waals surface area contributed by atoms with Gasteiger partial charge in [-0.15, -0.1) is 11.3 Å². The van der Waals surface area contributed by atoms with Crippen molar-refractivity contribution in [2.45, 2.75) is 32.9 Å². The van der Waals surface area contributed by atoms with E-state index in [1.807, 2.05) is 78.7 Å². The highest BCUT2D eigenvalue weighted by atomic mass is 35.5. The molecule has 1 heterocycles. The highest BCUT2D eigenvalue weighted by Gasteiger charge is 2.19. The van der Waals surface area contributed by atoms with E-state index >= 15 is 0 Å². The van der Waals surface area contributed by atoms with Crippen molar-refractivity contribution in [3.63, 3.8) is 0 Å². The zero-order valence-corrected chi connectivity index (χ0v) is 16.4. The molecular formula is C21H21ClN2OS. The lowest BCUT2D eigenvalue weighted by atomic mass is 10.1. The van der Waals surface area contributed by atoms with Crippen molar-refractivity contribution >= 4 is 28.8 Å². The summed E-state index contributed by atoms with van der Waals surface area (Å²) in [4.78, 5) is 19.3. The molecule has 2 aromatic carbocycles. The number of hydrogen-bond acceptors (Lipinski definition) is 3. The average molecular weight is 385 g/mol. The molecule has 0 saturated heterocycles. The Morgan fingerprint density at radius 2 is 1.92 bits per heavy atom. The van der Waals surface area contributed by atoms with Crippen LogP contribution in [-0.4, -0.2) is 21.8 Å². The van der Waals surface area contributed by atoms with Crippen molar-refractivity contribution in [2.24, 2.45) is 0 Å². The minimum Gasteiger partial charge on any atom is -0.336 e. The molecule has 0 spiro atoms. The lowest BCUT2D eigenvalue weighted by Gasteiger charge is -2.26. The van der Waals surface area contributed by atoms with Crippen LogP contribution in [0.4, 0.5) is 0 Å². The van der Waals surface area contributed by atoms with Gasteiger partial charge >= 0.3 is 0 Å². The first-order valence-electron chi connectivity index (χ1n) is 8.56. The molecule has 0 aliphatic heterocycles. The second kappa shape index (κ2) is 8.47. The number of benzene rings is 2. The van der Waals surface area contributed by atoms with Crippen molar-refractivity contribution in [1.82, 2.24) is 9.88 Å². The zero-order valence-electron chi connectivity index (χ0n) is 14.9. The Hall–Kier alpha value is -2.17. The van der Waals surface area contributed by atoms with Crippen molar-refractivity contribution in [1.29, 1.82) is 0 Å². The summed E-state index contributed by atoms with van der Waals surface area (Å²) in [6.45, 7) is 4.70. The van der Waals surface area contributed by atoms with E-state index in [-0.39, 0.29) is 11.9 Å². The van der Waals surface area contributed by atoms with Crippen molar-refractivity contribution in [3.8, 4) is 10.6 Å². The van der Waals surface area contributed by atoms with Crippen LogP contribution in [0.1, 0.15) is 25.1 Å². The Kier molecular flexibility index (Phi) is 6.07. The Morgan fingerprint density at radius 1 is 1.15 bits per heavy atom.